The van der Waals surface area contributed by atoms with Gasteiger partial charge in [0.05, 0.1) is 5.54 Å². The molecule has 0 N–H and O–H groups in total. The molecule has 2 unspecified atom stereocenters. The molecule has 1 heterocycles. The van der Waals surface area contributed by atoms with Crippen molar-refractivity contribution in [1.29, 1.82) is 0 Å². The van der Waals surface area contributed by atoms with Crippen molar-refractivity contribution in [2.75, 3.05) is 7.05 Å². The molecule has 0 aromatic heterocycles. The number of likely N-dealkylation sites (tertiary alicyclic amines) is 1. The Morgan fingerprint density at radius 3 is 2.20 bits per heavy atom. The molecule has 1 saturated carbocycles. The van der Waals surface area contributed by atoms with Gasteiger partial charge in [-0.25, -0.2) is 0 Å². The maximum Gasteiger partial charge on any atom is 0.147 e. The zero-order chi connectivity index (χ0) is 10.7. The predicted molar refractivity (Wildman–Crippen MR) is 56.9 cm³/mol. The fraction of sp³-hybridized carbons (Fsp3) is 0.833. The van der Waals surface area contributed by atoms with Crippen molar-refractivity contribution in [3.8, 4) is 0 Å². The maximum absolute atomic E-state index is 11.9. The topological polar surface area (TPSA) is 20.3 Å². The number of nitrogens with zero attached hydrogens (tertiary/aromatic N) is 1. The zero-order valence-corrected chi connectivity index (χ0v) is 13.3. The first-order valence-corrected chi connectivity index (χ1v) is 5.46. The minimum absolute atomic E-state index is 0. The molecule has 2 atom stereocenters. The van der Waals surface area contributed by atoms with Gasteiger partial charge in [0.15, 0.2) is 0 Å². The summed E-state index contributed by atoms with van der Waals surface area (Å²) in [6, 6.07) is 0.450. The van der Waals surface area contributed by atoms with Gasteiger partial charge in [0.1, 0.15) is 5.78 Å². The third-order valence-electron chi connectivity index (χ3n) is 5.04. The fourth-order valence-corrected chi connectivity index (χ4v) is 3.39. The molecule has 1 aliphatic heterocycles. The number of hydrogen-bond acceptors (Lipinski definition) is 2. The molecule has 0 amide bonds. The minimum atomic E-state index is -0.240. The van der Waals surface area contributed by atoms with Crippen LogP contribution in [0.1, 0.15) is 40.5 Å². The summed E-state index contributed by atoms with van der Waals surface area (Å²) in [5.74, 6) is 1.83. The molecule has 83 valence electrons. The summed E-state index contributed by atoms with van der Waals surface area (Å²) in [5, 5.41) is 0. The Morgan fingerprint density at radius 1 is 1.47 bits per heavy atom. The minimum Gasteiger partial charge on any atom is -0.323 e. The molecule has 0 aromatic rings. The monoisotopic (exact) mass is 283 g/mol. The summed E-state index contributed by atoms with van der Waals surface area (Å²) in [7, 11) is 2.09. The van der Waals surface area contributed by atoms with Gasteiger partial charge in [0.2, 0.25) is 0 Å². The second kappa shape index (κ2) is 3.89. The molecule has 0 bridgehead atoms. The van der Waals surface area contributed by atoms with E-state index in [0.717, 1.165) is 0 Å². The molecule has 1 aliphatic carbocycles. The molecular weight excluding hydrogens is 263 g/mol. The molecule has 1 saturated heterocycles. The molecule has 2 rings (SSSR count). The number of ketones is 1. The molecule has 2 aliphatic rings. The summed E-state index contributed by atoms with van der Waals surface area (Å²) in [6.45, 7) is 8.29. The molecule has 1 radical (unpaired) electrons. The van der Waals surface area contributed by atoms with E-state index in [9.17, 15) is 4.79 Å². The first-order chi connectivity index (χ1) is 6.38. The molecular formula is C12H20NOY-. The second-order valence-electron chi connectivity index (χ2n) is 5.18. The van der Waals surface area contributed by atoms with Crippen molar-refractivity contribution in [3.63, 3.8) is 0 Å². The Hall–Kier alpha value is 0.734. The third-order valence-corrected chi connectivity index (χ3v) is 5.04. The van der Waals surface area contributed by atoms with Crippen LogP contribution in [0.3, 0.4) is 0 Å². The molecule has 2 fully saturated rings. The van der Waals surface area contributed by atoms with Crippen molar-refractivity contribution < 1.29 is 37.5 Å². The Balaban J connectivity index is 0.00000112. The van der Waals surface area contributed by atoms with E-state index in [1.54, 1.807) is 6.92 Å². The molecule has 2 nitrogen and oxygen atoms in total. The normalized spacial score (nSPS) is 39.1. The van der Waals surface area contributed by atoms with Gasteiger partial charge in [-0.2, -0.15) is 6.92 Å². The van der Waals surface area contributed by atoms with Crippen LogP contribution >= 0.6 is 0 Å². The van der Waals surface area contributed by atoms with Crippen molar-refractivity contribution >= 4 is 5.78 Å². The van der Waals surface area contributed by atoms with E-state index in [2.05, 4.69) is 32.7 Å². The third kappa shape index (κ3) is 1.44. The van der Waals surface area contributed by atoms with Crippen LogP contribution in [0.5, 0.6) is 0 Å². The van der Waals surface area contributed by atoms with Gasteiger partial charge in [-0.3, -0.25) is 10.7 Å². The summed E-state index contributed by atoms with van der Waals surface area (Å²) in [5.41, 5.74) is -0.0243. The Bertz CT molecular complexity index is 287. The van der Waals surface area contributed by atoms with Crippen LogP contribution in [0.25, 0.3) is 0 Å². The van der Waals surface area contributed by atoms with Crippen molar-refractivity contribution in [3.05, 3.63) is 5.92 Å². The van der Waals surface area contributed by atoms with E-state index in [1.807, 2.05) is 0 Å². The quantitative estimate of drug-likeness (QED) is 0.686. The molecule has 3 heteroatoms. The number of Topliss-reactive ketones (excluding diaryl/α,β-unsaturated/α-hetero) is 1. The van der Waals surface area contributed by atoms with E-state index < -0.39 is 0 Å². The van der Waals surface area contributed by atoms with Crippen molar-refractivity contribution in [1.82, 2.24) is 4.90 Å². The van der Waals surface area contributed by atoms with E-state index >= 15 is 0 Å². The number of carbonyl (C=O) groups excluding carboxylic acids is 1. The second-order valence-corrected chi connectivity index (χ2v) is 5.18. The number of rotatable bonds is 1. The average molecular weight is 283 g/mol. The Kier molecular flexibility index (Phi) is 3.58. The number of hydrogen-bond donors (Lipinski definition) is 0. The molecule has 0 aromatic carbocycles. The van der Waals surface area contributed by atoms with Gasteiger partial charge in [-0.15, -0.1) is 11.5 Å². The van der Waals surface area contributed by atoms with Crippen molar-refractivity contribution in [2.45, 2.75) is 52.1 Å². The van der Waals surface area contributed by atoms with E-state index in [1.165, 1.54) is 18.8 Å². The van der Waals surface area contributed by atoms with E-state index in [4.69, 9.17) is 0 Å². The van der Waals surface area contributed by atoms with Gasteiger partial charge in [0, 0.05) is 32.7 Å². The fourth-order valence-electron chi connectivity index (χ4n) is 3.39. The Labute approximate surface area is 118 Å². The molecule has 15 heavy (non-hydrogen) atoms. The van der Waals surface area contributed by atoms with Gasteiger partial charge < -0.3 is 4.90 Å². The average Bonchev–Trinajstić information content (AvgIpc) is 2.91. The summed E-state index contributed by atoms with van der Waals surface area (Å²) >= 11 is 0. The smallest absolute Gasteiger partial charge is 0.147 e. The van der Waals surface area contributed by atoms with Crippen LogP contribution in [-0.4, -0.2) is 29.3 Å². The Morgan fingerprint density at radius 2 is 1.93 bits per heavy atom. The zero-order valence-electron chi connectivity index (χ0n) is 10.4. The van der Waals surface area contributed by atoms with Crippen LogP contribution in [0.2, 0.25) is 0 Å². The summed E-state index contributed by atoms with van der Waals surface area (Å²) < 4.78 is 0. The maximum atomic E-state index is 11.9. The summed E-state index contributed by atoms with van der Waals surface area (Å²) in [4.78, 5) is 14.1. The van der Waals surface area contributed by atoms with Crippen LogP contribution in [0.4, 0.5) is 0 Å². The SMILES string of the molecule is CC(=O)C1(C)N(C)C(C)[C-](C)C12CC2.[Y]. The van der Waals surface area contributed by atoms with Gasteiger partial charge in [0.25, 0.3) is 0 Å². The van der Waals surface area contributed by atoms with Crippen LogP contribution < -0.4 is 0 Å². The molecule has 1 spiro atoms. The van der Waals surface area contributed by atoms with E-state index in [-0.39, 0.29) is 43.7 Å². The largest absolute Gasteiger partial charge is 0.323 e. The van der Waals surface area contributed by atoms with Gasteiger partial charge >= 0.3 is 0 Å². The van der Waals surface area contributed by atoms with Crippen LogP contribution in [-0.2, 0) is 37.5 Å². The summed E-state index contributed by atoms with van der Waals surface area (Å²) in [6.07, 6.45) is 2.40. The van der Waals surface area contributed by atoms with Gasteiger partial charge in [-0.1, -0.05) is 19.8 Å². The van der Waals surface area contributed by atoms with Crippen LogP contribution in [0, 0.1) is 11.3 Å². The van der Waals surface area contributed by atoms with Crippen molar-refractivity contribution in [2.24, 2.45) is 5.41 Å². The number of likely N-dealkylation sites (N-methyl/N-ethyl adjacent to an activating group) is 1. The first kappa shape index (κ1) is 13.8. The van der Waals surface area contributed by atoms with E-state index in [0.29, 0.717) is 11.8 Å². The van der Waals surface area contributed by atoms with Gasteiger partial charge in [-0.05, 0) is 20.9 Å². The predicted octanol–water partition coefficient (Wildman–Crippen LogP) is 2.04. The standard InChI is InChI=1S/C12H20NO.Y/c1-8-9(2)13(5)11(4,10(3)14)12(8)6-7-12;/h9H,6-7H2,1-5H3;/q-1;. The van der Waals surface area contributed by atoms with Crippen LogP contribution in [0.15, 0.2) is 0 Å². The number of carbonyl (C=O) groups is 1. The first-order valence-electron chi connectivity index (χ1n) is 5.46.